The molecule has 6 nitrogen and oxygen atoms in total. The van der Waals surface area contributed by atoms with Crippen molar-refractivity contribution in [2.45, 2.75) is 0 Å². The van der Waals surface area contributed by atoms with E-state index in [9.17, 15) is 9.59 Å². The fourth-order valence-electron chi connectivity index (χ4n) is 2.37. The maximum absolute atomic E-state index is 11.9. The highest BCUT2D eigenvalue weighted by atomic mass is 16.5. The van der Waals surface area contributed by atoms with Crippen molar-refractivity contribution < 1.29 is 14.3 Å². The molecule has 0 spiro atoms. The summed E-state index contributed by atoms with van der Waals surface area (Å²) in [6, 6.07) is 20.4. The van der Waals surface area contributed by atoms with E-state index in [0.717, 1.165) is 16.3 Å². The van der Waals surface area contributed by atoms with Crippen LogP contribution in [0.15, 0.2) is 71.8 Å². The largest absolute Gasteiger partial charge is 0.497 e. The van der Waals surface area contributed by atoms with Crippen LogP contribution in [-0.4, -0.2) is 25.1 Å². The zero-order chi connectivity index (χ0) is 18.4. The summed E-state index contributed by atoms with van der Waals surface area (Å²) >= 11 is 0. The number of fused-ring (bicyclic) bond motifs is 1. The second kappa shape index (κ2) is 7.94. The highest BCUT2D eigenvalue weighted by molar-refractivity contribution is 6.39. The first-order valence-corrected chi connectivity index (χ1v) is 7.93. The Kier molecular flexibility index (Phi) is 5.24. The van der Waals surface area contributed by atoms with Crippen molar-refractivity contribution in [1.29, 1.82) is 0 Å². The lowest BCUT2D eigenvalue weighted by Gasteiger charge is -2.05. The van der Waals surface area contributed by atoms with Crippen molar-refractivity contribution in [3.05, 3.63) is 72.3 Å². The zero-order valence-electron chi connectivity index (χ0n) is 14.1. The normalized spacial score (nSPS) is 10.7. The molecule has 2 N–H and O–H groups in total. The Morgan fingerprint density at radius 2 is 1.65 bits per heavy atom. The van der Waals surface area contributed by atoms with Crippen LogP contribution in [-0.2, 0) is 9.59 Å². The van der Waals surface area contributed by atoms with Gasteiger partial charge < -0.3 is 10.1 Å². The summed E-state index contributed by atoms with van der Waals surface area (Å²) in [4.78, 5) is 23.7. The summed E-state index contributed by atoms with van der Waals surface area (Å²) in [6.07, 6.45) is 1.49. The van der Waals surface area contributed by atoms with E-state index in [0.29, 0.717) is 11.4 Å². The number of nitrogens with zero attached hydrogens (tertiary/aromatic N) is 1. The maximum atomic E-state index is 11.9. The molecule has 0 unspecified atom stereocenters. The molecule has 0 aromatic heterocycles. The molecular weight excluding hydrogens is 330 g/mol. The molecule has 0 saturated heterocycles. The summed E-state index contributed by atoms with van der Waals surface area (Å²) in [7, 11) is 1.55. The van der Waals surface area contributed by atoms with Gasteiger partial charge in [-0.1, -0.05) is 36.4 Å². The predicted octanol–water partition coefficient (Wildman–Crippen LogP) is 2.94. The van der Waals surface area contributed by atoms with Crippen LogP contribution in [0.25, 0.3) is 10.8 Å². The number of hydrogen-bond acceptors (Lipinski definition) is 4. The predicted molar refractivity (Wildman–Crippen MR) is 101 cm³/mol. The lowest BCUT2D eigenvalue weighted by molar-refractivity contribution is -0.136. The quantitative estimate of drug-likeness (QED) is 0.433. The maximum Gasteiger partial charge on any atom is 0.329 e. The van der Waals surface area contributed by atoms with Crippen LogP contribution < -0.4 is 15.5 Å². The Morgan fingerprint density at radius 3 is 2.38 bits per heavy atom. The Bertz CT molecular complexity index is 965. The van der Waals surface area contributed by atoms with Crippen LogP contribution in [0.4, 0.5) is 5.69 Å². The van der Waals surface area contributed by atoms with Gasteiger partial charge in [-0.15, -0.1) is 0 Å². The van der Waals surface area contributed by atoms with E-state index in [1.165, 1.54) is 6.21 Å². The van der Waals surface area contributed by atoms with E-state index < -0.39 is 11.8 Å². The fraction of sp³-hybridized carbons (Fsp3) is 0.0500. The van der Waals surface area contributed by atoms with Gasteiger partial charge in [0.2, 0.25) is 0 Å². The Labute approximate surface area is 150 Å². The lowest BCUT2D eigenvalue weighted by atomic mass is 10.1. The number of rotatable bonds is 4. The number of hydrazone groups is 1. The third-order valence-corrected chi connectivity index (χ3v) is 3.71. The topological polar surface area (TPSA) is 79.8 Å². The van der Waals surface area contributed by atoms with Crippen LogP contribution in [0, 0.1) is 0 Å². The van der Waals surface area contributed by atoms with Gasteiger partial charge in [0.15, 0.2) is 0 Å². The minimum Gasteiger partial charge on any atom is -0.497 e. The van der Waals surface area contributed by atoms with E-state index in [1.807, 2.05) is 42.5 Å². The first-order valence-electron chi connectivity index (χ1n) is 7.93. The van der Waals surface area contributed by atoms with Gasteiger partial charge in [0.25, 0.3) is 0 Å². The van der Waals surface area contributed by atoms with Crippen molar-refractivity contribution in [2.24, 2.45) is 5.10 Å². The van der Waals surface area contributed by atoms with Gasteiger partial charge in [-0.2, -0.15) is 5.10 Å². The minimum absolute atomic E-state index is 0.490. The SMILES string of the molecule is COc1ccc(NC(=O)C(=O)N/N=C\c2ccc3ccccc3c2)cc1. The molecular formula is C20H17N3O3. The van der Waals surface area contributed by atoms with E-state index in [-0.39, 0.29) is 0 Å². The van der Waals surface area contributed by atoms with Crippen LogP contribution in [0.1, 0.15) is 5.56 Å². The molecule has 2 amide bonds. The Morgan fingerprint density at radius 1 is 0.923 bits per heavy atom. The molecule has 0 aliphatic carbocycles. The van der Waals surface area contributed by atoms with Crippen LogP contribution in [0.2, 0.25) is 0 Å². The molecule has 3 aromatic carbocycles. The molecule has 130 valence electrons. The van der Waals surface area contributed by atoms with Crippen molar-refractivity contribution in [3.63, 3.8) is 0 Å². The molecule has 0 fully saturated rings. The number of carbonyl (C=O) groups is 2. The van der Waals surface area contributed by atoms with Gasteiger partial charge in [0, 0.05) is 5.69 Å². The molecule has 3 aromatic rings. The monoisotopic (exact) mass is 347 g/mol. The molecule has 3 rings (SSSR count). The first-order chi connectivity index (χ1) is 12.7. The number of hydrogen-bond donors (Lipinski definition) is 2. The standard InChI is InChI=1S/C20H17N3O3/c1-26-18-10-8-17(9-11-18)22-19(24)20(25)23-21-13-14-6-7-15-4-2-3-5-16(15)12-14/h2-13H,1H3,(H,22,24)(H,23,25)/b21-13-. The van der Waals surface area contributed by atoms with Gasteiger partial charge in [0.05, 0.1) is 13.3 Å². The molecule has 26 heavy (non-hydrogen) atoms. The summed E-state index contributed by atoms with van der Waals surface area (Å²) in [6.45, 7) is 0. The summed E-state index contributed by atoms with van der Waals surface area (Å²) in [5.41, 5.74) is 3.52. The number of carbonyl (C=O) groups excluding carboxylic acids is 2. The number of methoxy groups -OCH3 is 1. The molecule has 0 radical (unpaired) electrons. The molecule has 0 bridgehead atoms. The number of benzene rings is 3. The molecule has 0 aliphatic heterocycles. The molecule has 0 aliphatic rings. The summed E-state index contributed by atoms with van der Waals surface area (Å²) in [5.74, 6) is -0.990. The van der Waals surface area contributed by atoms with Gasteiger partial charge in [-0.25, -0.2) is 5.43 Å². The number of nitrogens with one attached hydrogen (secondary N) is 2. The average molecular weight is 347 g/mol. The van der Waals surface area contributed by atoms with E-state index >= 15 is 0 Å². The summed E-state index contributed by atoms with van der Waals surface area (Å²) < 4.78 is 5.03. The van der Waals surface area contributed by atoms with Crippen molar-refractivity contribution in [1.82, 2.24) is 5.43 Å². The van der Waals surface area contributed by atoms with Gasteiger partial charge in [-0.05, 0) is 46.7 Å². The van der Waals surface area contributed by atoms with Crippen LogP contribution in [0.3, 0.4) is 0 Å². The van der Waals surface area contributed by atoms with Crippen molar-refractivity contribution in [2.75, 3.05) is 12.4 Å². The van der Waals surface area contributed by atoms with E-state index in [2.05, 4.69) is 15.8 Å². The summed E-state index contributed by atoms with van der Waals surface area (Å²) in [5, 5.41) is 8.51. The third-order valence-electron chi connectivity index (χ3n) is 3.71. The van der Waals surface area contributed by atoms with Crippen molar-refractivity contribution >= 4 is 34.5 Å². The van der Waals surface area contributed by atoms with Crippen LogP contribution >= 0.6 is 0 Å². The lowest BCUT2D eigenvalue weighted by Crippen LogP contribution is -2.32. The highest BCUT2D eigenvalue weighted by Gasteiger charge is 2.12. The van der Waals surface area contributed by atoms with E-state index in [4.69, 9.17) is 4.74 Å². The second-order valence-electron chi connectivity index (χ2n) is 5.49. The Balaban J connectivity index is 1.57. The molecule has 0 saturated carbocycles. The fourth-order valence-corrected chi connectivity index (χ4v) is 2.37. The van der Waals surface area contributed by atoms with E-state index in [1.54, 1.807) is 31.4 Å². The molecule has 0 heterocycles. The first kappa shape index (κ1) is 17.2. The Hall–Kier alpha value is -3.67. The number of ether oxygens (including phenoxy) is 1. The number of anilines is 1. The molecule has 6 heteroatoms. The highest BCUT2D eigenvalue weighted by Crippen LogP contribution is 2.15. The molecule has 0 atom stereocenters. The zero-order valence-corrected chi connectivity index (χ0v) is 14.1. The average Bonchev–Trinajstić information content (AvgIpc) is 2.68. The second-order valence-corrected chi connectivity index (χ2v) is 5.49. The van der Waals surface area contributed by atoms with Gasteiger partial charge in [0.1, 0.15) is 5.75 Å². The van der Waals surface area contributed by atoms with Crippen LogP contribution in [0.5, 0.6) is 5.75 Å². The van der Waals surface area contributed by atoms with Crippen molar-refractivity contribution in [3.8, 4) is 5.75 Å². The minimum atomic E-state index is -0.849. The van der Waals surface area contributed by atoms with Gasteiger partial charge in [-0.3, -0.25) is 9.59 Å². The smallest absolute Gasteiger partial charge is 0.329 e. The number of amides is 2. The van der Waals surface area contributed by atoms with Gasteiger partial charge >= 0.3 is 11.8 Å². The third kappa shape index (κ3) is 4.24.